The van der Waals surface area contributed by atoms with Crippen LogP contribution in [0, 0.1) is 6.92 Å². The summed E-state index contributed by atoms with van der Waals surface area (Å²) in [5.74, 6) is 0.924. The standard InChI is InChI=1S/C20H26N2O2/c1-16-6-8-18(9-7-16)15-21-12-11-20(23)22-13-10-17-4-3-5-19(14-17)24-2/h3-9,14,21H,10-13,15H2,1-2H3,(H,22,23). The van der Waals surface area contributed by atoms with Crippen molar-refractivity contribution >= 4 is 5.91 Å². The normalized spacial score (nSPS) is 10.4. The van der Waals surface area contributed by atoms with Crippen molar-refractivity contribution in [2.24, 2.45) is 0 Å². The lowest BCUT2D eigenvalue weighted by Gasteiger charge is -2.08. The van der Waals surface area contributed by atoms with Crippen molar-refractivity contribution in [3.05, 3.63) is 65.2 Å². The summed E-state index contributed by atoms with van der Waals surface area (Å²) in [4.78, 5) is 11.8. The van der Waals surface area contributed by atoms with Gasteiger partial charge in [0.15, 0.2) is 0 Å². The fourth-order valence-corrected chi connectivity index (χ4v) is 2.40. The second kappa shape index (κ2) is 9.73. The Morgan fingerprint density at radius 2 is 1.83 bits per heavy atom. The highest BCUT2D eigenvalue weighted by molar-refractivity contribution is 5.76. The van der Waals surface area contributed by atoms with E-state index in [0.717, 1.165) is 24.3 Å². The molecule has 2 aromatic rings. The first-order valence-electron chi connectivity index (χ1n) is 8.33. The SMILES string of the molecule is COc1cccc(CCNC(=O)CCNCc2ccc(C)cc2)c1. The lowest BCUT2D eigenvalue weighted by atomic mass is 10.1. The number of rotatable bonds is 9. The van der Waals surface area contributed by atoms with Crippen LogP contribution in [0.2, 0.25) is 0 Å². The number of methoxy groups -OCH3 is 1. The van der Waals surface area contributed by atoms with E-state index in [-0.39, 0.29) is 5.91 Å². The minimum Gasteiger partial charge on any atom is -0.497 e. The molecule has 4 nitrogen and oxygen atoms in total. The average Bonchev–Trinajstić information content (AvgIpc) is 2.60. The Morgan fingerprint density at radius 1 is 1.04 bits per heavy atom. The lowest BCUT2D eigenvalue weighted by Crippen LogP contribution is -2.29. The van der Waals surface area contributed by atoms with Crippen LogP contribution in [0.5, 0.6) is 5.75 Å². The van der Waals surface area contributed by atoms with Crippen molar-refractivity contribution in [2.75, 3.05) is 20.2 Å². The molecule has 0 unspecified atom stereocenters. The van der Waals surface area contributed by atoms with Gasteiger partial charge in [-0.2, -0.15) is 0 Å². The van der Waals surface area contributed by atoms with Gasteiger partial charge in [-0.15, -0.1) is 0 Å². The first kappa shape index (κ1) is 18.0. The molecule has 0 radical (unpaired) electrons. The van der Waals surface area contributed by atoms with Crippen molar-refractivity contribution in [3.63, 3.8) is 0 Å². The molecule has 0 saturated heterocycles. The molecule has 1 amide bonds. The Hall–Kier alpha value is -2.33. The fourth-order valence-electron chi connectivity index (χ4n) is 2.40. The summed E-state index contributed by atoms with van der Waals surface area (Å²) in [7, 11) is 1.66. The second-order valence-corrected chi connectivity index (χ2v) is 5.86. The van der Waals surface area contributed by atoms with E-state index in [0.29, 0.717) is 19.5 Å². The van der Waals surface area contributed by atoms with Crippen molar-refractivity contribution in [1.29, 1.82) is 0 Å². The smallest absolute Gasteiger partial charge is 0.221 e. The van der Waals surface area contributed by atoms with Gasteiger partial charge in [-0.05, 0) is 36.6 Å². The van der Waals surface area contributed by atoms with E-state index < -0.39 is 0 Å². The summed E-state index contributed by atoms with van der Waals surface area (Å²) < 4.78 is 5.20. The molecule has 0 fully saturated rings. The molecule has 0 bridgehead atoms. The number of aryl methyl sites for hydroxylation is 1. The van der Waals surface area contributed by atoms with E-state index in [4.69, 9.17) is 4.74 Å². The van der Waals surface area contributed by atoms with Gasteiger partial charge >= 0.3 is 0 Å². The van der Waals surface area contributed by atoms with Crippen LogP contribution in [0.4, 0.5) is 0 Å². The Kier molecular flexibility index (Phi) is 7.30. The van der Waals surface area contributed by atoms with Gasteiger partial charge in [-0.3, -0.25) is 4.79 Å². The topological polar surface area (TPSA) is 50.4 Å². The molecule has 4 heteroatoms. The number of nitrogens with one attached hydrogen (secondary N) is 2. The molecule has 0 saturated carbocycles. The third kappa shape index (κ3) is 6.42. The summed E-state index contributed by atoms with van der Waals surface area (Å²) in [6.07, 6.45) is 1.30. The monoisotopic (exact) mass is 326 g/mol. The van der Waals surface area contributed by atoms with Crippen LogP contribution >= 0.6 is 0 Å². The Labute approximate surface area is 144 Å². The first-order chi connectivity index (χ1) is 11.7. The molecule has 128 valence electrons. The second-order valence-electron chi connectivity index (χ2n) is 5.86. The predicted octanol–water partition coefficient (Wildman–Crippen LogP) is 2.84. The zero-order chi connectivity index (χ0) is 17.2. The third-order valence-electron chi connectivity index (χ3n) is 3.85. The zero-order valence-corrected chi connectivity index (χ0v) is 14.5. The summed E-state index contributed by atoms with van der Waals surface area (Å²) in [6.45, 7) is 4.19. The average molecular weight is 326 g/mol. The van der Waals surface area contributed by atoms with Crippen LogP contribution in [0.1, 0.15) is 23.1 Å². The number of amides is 1. The maximum Gasteiger partial charge on any atom is 0.221 e. The maximum absolute atomic E-state index is 11.8. The minimum absolute atomic E-state index is 0.0781. The van der Waals surface area contributed by atoms with Crippen LogP contribution in [0.25, 0.3) is 0 Å². The van der Waals surface area contributed by atoms with Crippen LogP contribution in [-0.4, -0.2) is 26.1 Å². The van der Waals surface area contributed by atoms with Gasteiger partial charge in [0.2, 0.25) is 5.91 Å². The molecule has 2 aromatic carbocycles. The third-order valence-corrected chi connectivity index (χ3v) is 3.85. The molecular formula is C20H26N2O2. The fraction of sp³-hybridized carbons (Fsp3) is 0.350. The predicted molar refractivity (Wildman–Crippen MR) is 97.2 cm³/mol. The number of hydrogen-bond acceptors (Lipinski definition) is 3. The van der Waals surface area contributed by atoms with Crippen LogP contribution in [0.15, 0.2) is 48.5 Å². The van der Waals surface area contributed by atoms with Crippen molar-refractivity contribution < 1.29 is 9.53 Å². The molecule has 2 rings (SSSR count). The molecule has 24 heavy (non-hydrogen) atoms. The quantitative estimate of drug-likeness (QED) is 0.697. The Morgan fingerprint density at radius 3 is 2.58 bits per heavy atom. The zero-order valence-electron chi connectivity index (χ0n) is 14.5. The highest BCUT2D eigenvalue weighted by Crippen LogP contribution is 2.12. The van der Waals surface area contributed by atoms with Crippen molar-refractivity contribution in [3.8, 4) is 5.75 Å². The molecule has 2 N–H and O–H groups in total. The number of ether oxygens (including phenoxy) is 1. The molecule has 0 aromatic heterocycles. The van der Waals surface area contributed by atoms with E-state index in [2.05, 4.69) is 41.8 Å². The van der Waals surface area contributed by atoms with Crippen molar-refractivity contribution in [2.45, 2.75) is 26.3 Å². The number of carbonyl (C=O) groups excluding carboxylic acids is 1. The number of benzene rings is 2. The molecule has 0 spiro atoms. The molecular weight excluding hydrogens is 300 g/mol. The Balaban J connectivity index is 1.58. The summed E-state index contributed by atoms with van der Waals surface area (Å²) in [5.41, 5.74) is 3.65. The largest absolute Gasteiger partial charge is 0.497 e. The van der Waals surface area contributed by atoms with E-state index in [1.54, 1.807) is 7.11 Å². The van der Waals surface area contributed by atoms with Gasteiger partial charge in [0.05, 0.1) is 7.11 Å². The molecule has 0 heterocycles. The van der Waals surface area contributed by atoms with Crippen LogP contribution in [-0.2, 0) is 17.8 Å². The van der Waals surface area contributed by atoms with Crippen LogP contribution < -0.4 is 15.4 Å². The van der Waals surface area contributed by atoms with Gasteiger partial charge in [-0.25, -0.2) is 0 Å². The van der Waals surface area contributed by atoms with E-state index in [1.807, 2.05) is 24.3 Å². The molecule has 0 aliphatic heterocycles. The Bertz CT molecular complexity index is 638. The van der Waals surface area contributed by atoms with Gasteiger partial charge in [0.1, 0.15) is 5.75 Å². The highest BCUT2D eigenvalue weighted by atomic mass is 16.5. The first-order valence-corrected chi connectivity index (χ1v) is 8.33. The molecule has 0 aliphatic rings. The summed E-state index contributed by atoms with van der Waals surface area (Å²) >= 11 is 0. The van der Waals surface area contributed by atoms with E-state index in [1.165, 1.54) is 11.1 Å². The van der Waals surface area contributed by atoms with Gasteiger partial charge in [0.25, 0.3) is 0 Å². The van der Waals surface area contributed by atoms with Gasteiger partial charge in [-0.1, -0.05) is 42.0 Å². The lowest BCUT2D eigenvalue weighted by molar-refractivity contribution is -0.120. The number of hydrogen-bond donors (Lipinski definition) is 2. The van der Waals surface area contributed by atoms with Gasteiger partial charge in [0, 0.05) is 26.1 Å². The highest BCUT2D eigenvalue weighted by Gasteiger charge is 2.02. The minimum atomic E-state index is 0.0781. The maximum atomic E-state index is 11.8. The van der Waals surface area contributed by atoms with E-state index >= 15 is 0 Å². The number of carbonyl (C=O) groups is 1. The van der Waals surface area contributed by atoms with Crippen molar-refractivity contribution in [1.82, 2.24) is 10.6 Å². The summed E-state index contributed by atoms with van der Waals surface area (Å²) in [5, 5.41) is 6.25. The van der Waals surface area contributed by atoms with Crippen LogP contribution in [0.3, 0.4) is 0 Å². The molecule has 0 aliphatic carbocycles. The summed E-state index contributed by atoms with van der Waals surface area (Å²) in [6, 6.07) is 16.3. The van der Waals surface area contributed by atoms with E-state index in [9.17, 15) is 4.79 Å². The van der Waals surface area contributed by atoms with Gasteiger partial charge < -0.3 is 15.4 Å². The molecule has 0 atom stereocenters.